The van der Waals surface area contributed by atoms with Gasteiger partial charge in [-0.1, -0.05) is 6.92 Å². The van der Waals surface area contributed by atoms with Crippen molar-refractivity contribution in [2.75, 3.05) is 13.1 Å². The standard InChI is InChI=1S/C11H19N3OS.2ClH/c1-2-11-14-9(8-16-11)5-7-13-10(15)4-3-6-12;;/h8H,2-7,12H2,1H3,(H,13,15);2*1H. The van der Waals surface area contributed by atoms with Crippen LogP contribution in [0.15, 0.2) is 5.38 Å². The number of hydrogen-bond donors (Lipinski definition) is 2. The third-order valence-electron chi connectivity index (χ3n) is 2.21. The highest BCUT2D eigenvalue weighted by Crippen LogP contribution is 2.10. The van der Waals surface area contributed by atoms with E-state index in [1.54, 1.807) is 11.3 Å². The van der Waals surface area contributed by atoms with Crippen molar-refractivity contribution in [1.82, 2.24) is 10.3 Å². The third kappa shape index (κ3) is 7.87. The highest BCUT2D eigenvalue weighted by atomic mass is 35.5. The summed E-state index contributed by atoms with van der Waals surface area (Å²) < 4.78 is 0. The van der Waals surface area contributed by atoms with Gasteiger partial charge >= 0.3 is 0 Å². The number of rotatable bonds is 7. The van der Waals surface area contributed by atoms with Gasteiger partial charge in [-0.3, -0.25) is 4.79 Å². The molecule has 0 saturated carbocycles. The summed E-state index contributed by atoms with van der Waals surface area (Å²) in [7, 11) is 0. The van der Waals surface area contributed by atoms with E-state index in [4.69, 9.17) is 5.73 Å². The number of hydrogen-bond acceptors (Lipinski definition) is 4. The summed E-state index contributed by atoms with van der Waals surface area (Å²) in [6.07, 6.45) is 3.06. The molecule has 0 radical (unpaired) electrons. The lowest BCUT2D eigenvalue weighted by Crippen LogP contribution is -2.26. The van der Waals surface area contributed by atoms with Gasteiger partial charge in [0, 0.05) is 24.8 Å². The number of nitrogens with zero attached hydrogens (tertiary/aromatic N) is 1. The third-order valence-corrected chi connectivity index (χ3v) is 3.25. The Kier molecular flexibility index (Phi) is 13.0. The van der Waals surface area contributed by atoms with E-state index < -0.39 is 0 Å². The number of nitrogens with one attached hydrogen (secondary N) is 1. The van der Waals surface area contributed by atoms with E-state index in [-0.39, 0.29) is 30.7 Å². The average molecular weight is 314 g/mol. The number of carbonyl (C=O) groups excluding carboxylic acids is 1. The summed E-state index contributed by atoms with van der Waals surface area (Å²) in [5, 5.41) is 6.08. The van der Waals surface area contributed by atoms with Gasteiger partial charge in [0.2, 0.25) is 5.91 Å². The van der Waals surface area contributed by atoms with Crippen molar-refractivity contribution in [2.24, 2.45) is 5.73 Å². The molecule has 18 heavy (non-hydrogen) atoms. The number of halogens is 2. The summed E-state index contributed by atoms with van der Waals surface area (Å²) in [4.78, 5) is 15.7. The van der Waals surface area contributed by atoms with Crippen LogP contribution in [0.2, 0.25) is 0 Å². The second kappa shape index (κ2) is 11.7. The summed E-state index contributed by atoms with van der Waals surface area (Å²) in [5.41, 5.74) is 6.40. The normalized spacial score (nSPS) is 9.22. The molecule has 3 N–H and O–H groups in total. The van der Waals surface area contributed by atoms with E-state index in [0.29, 0.717) is 19.5 Å². The molecule has 4 nitrogen and oxygen atoms in total. The molecule has 0 unspecified atom stereocenters. The molecule has 1 aromatic rings. The van der Waals surface area contributed by atoms with Gasteiger partial charge in [0.15, 0.2) is 0 Å². The summed E-state index contributed by atoms with van der Waals surface area (Å²) in [6.45, 7) is 3.33. The van der Waals surface area contributed by atoms with Crippen LogP contribution in [0.4, 0.5) is 0 Å². The minimum absolute atomic E-state index is 0. The summed E-state index contributed by atoms with van der Waals surface area (Å²) >= 11 is 1.68. The molecule has 7 heteroatoms. The van der Waals surface area contributed by atoms with Crippen LogP contribution in [0, 0.1) is 0 Å². The quantitative estimate of drug-likeness (QED) is 0.808. The second-order valence-corrected chi connectivity index (χ2v) is 4.52. The average Bonchev–Trinajstić information content (AvgIpc) is 2.74. The summed E-state index contributed by atoms with van der Waals surface area (Å²) in [5.74, 6) is 0.0800. The molecule has 1 heterocycles. The predicted octanol–water partition coefficient (Wildman–Crippen LogP) is 1.95. The molecule has 1 aromatic heterocycles. The van der Waals surface area contributed by atoms with Crippen LogP contribution < -0.4 is 11.1 Å². The van der Waals surface area contributed by atoms with E-state index in [9.17, 15) is 4.79 Å². The first kappa shape index (κ1) is 20.0. The molecule has 0 aliphatic carbocycles. The van der Waals surface area contributed by atoms with Gasteiger partial charge in [0.1, 0.15) is 0 Å². The van der Waals surface area contributed by atoms with Gasteiger partial charge in [-0.15, -0.1) is 36.2 Å². The van der Waals surface area contributed by atoms with Gasteiger partial charge < -0.3 is 11.1 Å². The fraction of sp³-hybridized carbons (Fsp3) is 0.636. The lowest BCUT2D eigenvalue weighted by molar-refractivity contribution is -0.121. The van der Waals surface area contributed by atoms with Crippen molar-refractivity contribution < 1.29 is 4.79 Å². The lowest BCUT2D eigenvalue weighted by atomic mass is 10.3. The highest BCUT2D eigenvalue weighted by molar-refractivity contribution is 7.09. The molecule has 0 bridgehead atoms. The Morgan fingerprint density at radius 3 is 2.78 bits per heavy atom. The first-order valence-corrected chi connectivity index (χ1v) is 6.54. The van der Waals surface area contributed by atoms with Gasteiger partial charge in [0.05, 0.1) is 10.7 Å². The van der Waals surface area contributed by atoms with Crippen LogP contribution in [0.1, 0.15) is 30.5 Å². The molecule has 0 atom stereocenters. The number of carbonyl (C=O) groups is 1. The Hall–Kier alpha value is -0.360. The monoisotopic (exact) mass is 313 g/mol. The zero-order valence-electron chi connectivity index (χ0n) is 10.5. The molecule has 1 amide bonds. The van der Waals surface area contributed by atoms with E-state index >= 15 is 0 Å². The van der Waals surface area contributed by atoms with E-state index in [1.807, 2.05) is 0 Å². The van der Waals surface area contributed by atoms with Crippen molar-refractivity contribution in [3.8, 4) is 0 Å². The molecular weight excluding hydrogens is 293 g/mol. The van der Waals surface area contributed by atoms with Gasteiger partial charge in [-0.25, -0.2) is 4.98 Å². The van der Waals surface area contributed by atoms with Crippen LogP contribution >= 0.6 is 36.2 Å². The SMILES string of the molecule is CCc1nc(CCNC(=O)CCCN)cs1.Cl.Cl. The topological polar surface area (TPSA) is 68.0 Å². The molecule has 0 fully saturated rings. The lowest BCUT2D eigenvalue weighted by Gasteiger charge is -2.02. The van der Waals surface area contributed by atoms with Gasteiger partial charge in [0.25, 0.3) is 0 Å². The first-order chi connectivity index (χ1) is 7.76. The van der Waals surface area contributed by atoms with Crippen LogP contribution in [0.5, 0.6) is 0 Å². The molecule has 0 aliphatic rings. The van der Waals surface area contributed by atoms with Gasteiger partial charge in [-0.05, 0) is 19.4 Å². The highest BCUT2D eigenvalue weighted by Gasteiger charge is 2.02. The van der Waals surface area contributed by atoms with Crippen LogP contribution in [0.25, 0.3) is 0 Å². The zero-order valence-corrected chi connectivity index (χ0v) is 12.9. The van der Waals surface area contributed by atoms with Gasteiger partial charge in [-0.2, -0.15) is 0 Å². The smallest absolute Gasteiger partial charge is 0.220 e. The molecule has 106 valence electrons. The van der Waals surface area contributed by atoms with Crippen molar-refractivity contribution in [3.63, 3.8) is 0 Å². The van der Waals surface area contributed by atoms with Crippen molar-refractivity contribution in [1.29, 1.82) is 0 Å². The van der Waals surface area contributed by atoms with Crippen LogP contribution in [-0.2, 0) is 17.6 Å². The molecule has 0 aliphatic heterocycles. The van der Waals surface area contributed by atoms with E-state index in [1.165, 1.54) is 0 Å². The predicted molar refractivity (Wildman–Crippen MR) is 81.0 cm³/mol. The molecule has 0 spiro atoms. The maximum atomic E-state index is 11.3. The number of thiazole rings is 1. The Morgan fingerprint density at radius 2 is 2.22 bits per heavy atom. The number of aryl methyl sites for hydroxylation is 1. The zero-order chi connectivity index (χ0) is 11.8. The molecule has 0 aromatic carbocycles. The minimum atomic E-state index is 0. The van der Waals surface area contributed by atoms with E-state index in [0.717, 1.165) is 30.0 Å². The number of aromatic nitrogens is 1. The molecule has 0 saturated heterocycles. The largest absolute Gasteiger partial charge is 0.356 e. The van der Waals surface area contributed by atoms with Crippen molar-refractivity contribution in [3.05, 3.63) is 16.1 Å². The summed E-state index contributed by atoms with van der Waals surface area (Å²) in [6, 6.07) is 0. The Bertz CT molecular complexity index is 334. The first-order valence-electron chi connectivity index (χ1n) is 5.66. The Balaban J connectivity index is 0. The van der Waals surface area contributed by atoms with Crippen LogP contribution in [-0.4, -0.2) is 24.0 Å². The fourth-order valence-electron chi connectivity index (χ4n) is 1.31. The minimum Gasteiger partial charge on any atom is -0.356 e. The maximum absolute atomic E-state index is 11.3. The molecular formula is C11H21Cl2N3OS. The number of amides is 1. The fourth-order valence-corrected chi connectivity index (χ4v) is 2.09. The Morgan fingerprint density at radius 1 is 1.50 bits per heavy atom. The van der Waals surface area contributed by atoms with Crippen molar-refractivity contribution >= 4 is 42.1 Å². The number of nitrogens with two attached hydrogens (primary N) is 1. The maximum Gasteiger partial charge on any atom is 0.220 e. The van der Waals surface area contributed by atoms with E-state index in [2.05, 4.69) is 22.6 Å². The van der Waals surface area contributed by atoms with Crippen molar-refractivity contribution in [2.45, 2.75) is 32.6 Å². The second-order valence-electron chi connectivity index (χ2n) is 3.58. The Labute approximate surface area is 125 Å². The van der Waals surface area contributed by atoms with Crippen LogP contribution in [0.3, 0.4) is 0 Å². The molecule has 1 rings (SSSR count).